The minimum Gasteiger partial charge on any atom is -0.383 e. The van der Waals surface area contributed by atoms with E-state index in [0.717, 1.165) is 31.5 Å². The smallest absolute Gasteiger partial charge is 0.273 e. The molecule has 0 aromatic carbocycles. The van der Waals surface area contributed by atoms with Gasteiger partial charge in [0.2, 0.25) is 0 Å². The number of rotatable bonds is 5. The number of aromatic nitrogens is 3. The average Bonchev–Trinajstić information content (AvgIpc) is 2.63. The average molecular weight is 302 g/mol. The second-order valence-electron chi connectivity index (χ2n) is 5.22. The molecular formula is C12H22N4O3S. The molecule has 1 saturated carbocycles. The van der Waals surface area contributed by atoms with Gasteiger partial charge in [-0.2, -0.15) is 0 Å². The van der Waals surface area contributed by atoms with Crippen LogP contribution >= 0.6 is 0 Å². The lowest BCUT2D eigenvalue weighted by atomic mass is 9.99. The highest BCUT2D eigenvalue weighted by Crippen LogP contribution is 2.31. The summed E-state index contributed by atoms with van der Waals surface area (Å²) in [7, 11) is -2.28. The maximum absolute atomic E-state index is 11.6. The molecule has 1 heterocycles. The summed E-state index contributed by atoms with van der Waals surface area (Å²) in [5, 5.41) is 12.9. The fourth-order valence-electron chi connectivity index (χ4n) is 2.74. The topological polar surface area (TPSA) is 100 Å². The molecule has 0 spiro atoms. The lowest BCUT2D eigenvalue weighted by Gasteiger charge is -2.15. The second kappa shape index (κ2) is 6.64. The summed E-state index contributed by atoms with van der Waals surface area (Å²) in [6, 6.07) is 0. The second-order valence-corrected chi connectivity index (χ2v) is 6.67. The van der Waals surface area contributed by atoms with Crippen molar-refractivity contribution in [3.63, 3.8) is 0 Å². The van der Waals surface area contributed by atoms with Crippen LogP contribution in [-0.4, -0.2) is 36.9 Å². The molecular weight excluding hydrogens is 280 g/mol. The van der Waals surface area contributed by atoms with Gasteiger partial charge in [-0.25, -0.2) is 13.6 Å². The van der Waals surface area contributed by atoms with E-state index in [4.69, 9.17) is 9.88 Å². The van der Waals surface area contributed by atoms with Crippen LogP contribution in [0.5, 0.6) is 0 Å². The summed E-state index contributed by atoms with van der Waals surface area (Å²) in [4.78, 5) is 0. The van der Waals surface area contributed by atoms with Crippen molar-refractivity contribution in [3.05, 3.63) is 5.82 Å². The molecule has 7 nitrogen and oxygen atoms in total. The van der Waals surface area contributed by atoms with Crippen LogP contribution < -0.4 is 5.14 Å². The van der Waals surface area contributed by atoms with Gasteiger partial charge in [-0.3, -0.25) is 4.57 Å². The van der Waals surface area contributed by atoms with Gasteiger partial charge < -0.3 is 4.74 Å². The van der Waals surface area contributed by atoms with Gasteiger partial charge >= 0.3 is 0 Å². The van der Waals surface area contributed by atoms with Crippen molar-refractivity contribution in [2.24, 2.45) is 5.14 Å². The monoisotopic (exact) mass is 302 g/mol. The zero-order valence-electron chi connectivity index (χ0n) is 11.8. The highest BCUT2D eigenvalue weighted by Gasteiger charge is 2.26. The minimum absolute atomic E-state index is 0.159. The Morgan fingerprint density at radius 3 is 2.45 bits per heavy atom. The van der Waals surface area contributed by atoms with Crippen LogP contribution in [0.15, 0.2) is 5.16 Å². The predicted octanol–water partition coefficient (Wildman–Crippen LogP) is 1.01. The predicted molar refractivity (Wildman–Crippen MR) is 73.7 cm³/mol. The highest BCUT2D eigenvalue weighted by molar-refractivity contribution is 7.89. The molecule has 1 aromatic rings. The molecule has 0 saturated heterocycles. The normalized spacial score (nSPS) is 18.1. The Bertz CT molecular complexity index is 533. The van der Waals surface area contributed by atoms with Crippen LogP contribution in [0.1, 0.15) is 50.3 Å². The SMILES string of the molecule is COCCn1c(C2CCCCCC2)nnc1S(N)(=O)=O. The molecule has 0 atom stereocenters. The summed E-state index contributed by atoms with van der Waals surface area (Å²) >= 11 is 0. The third-order valence-corrected chi connectivity index (χ3v) is 4.55. The van der Waals surface area contributed by atoms with Crippen molar-refractivity contribution in [2.45, 2.75) is 56.1 Å². The lowest BCUT2D eigenvalue weighted by molar-refractivity contribution is 0.182. The number of ether oxygens (including phenoxy) is 1. The number of primary sulfonamides is 1. The molecule has 0 amide bonds. The zero-order chi connectivity index (χ0) is 14.6. The van der Waals surface area contributed by atoms with E-state index in [2.05, 4.69) is 10.2 Å². The Hall–Kier alpha value is -0.990. The van der Waals surface area contributed by atoms with E-state index < -0.39 is 10.0 Å². The third kappa shape index (κ3) is 3.56. The molecule has 0 unspecified atom stereocenters. The molecule has 2 N–H and O–H groups in total. The van der Waals surface area contributed by atoms with Crippen LogP contribution in [-0.2, 0) is 21.3 Å². The van der Waals surface area contributed by atoms with Gasteiger partial charge in [0.15, 0.2) is 0 Å². The summed E-state index contributed by atoms with van der Waals surface area (Å²) in [6.07, 6.45) is 6.79. The van der Waals surface area contributed by atoms with Crippen LogP contribution in [0, 0.1) is 0 Å². The Morgan fingerprint density at radius 2 is 1.90 bits per heavy atom. The molecule has 8 heteroatoms. The van der Waals surface area contributed by atoms with Crippen molar-refractivity contribution < 1.29 is 13.2 Å². The van der Waals surface area contributed by atoms with Crippen molar-refractivity contribution in [3.8, 4) is 0 Å². The van der Waals surface area contributed by atoms with E-state index in [0.29, 0.717) is 13.2 Å². The molecule has 2 rings (SSSR count). The Labute approximate surface area is 119 Å². The molecule has 1 fully saturated rings. The molecule has 1 aromatic heterocycles. The Kier molecular flexibility index (Phi) is 5.11. The van der Waals surface area contributed by atoms with Crippen LogP contribution in [0.2, 0.25) is 0 Å². The van der Waals surface area contributed by atoms with Crippen LogP contribution in [0.4, 0.5) is 0 Å². The fourth-order valence-corrected chi connectivity index (χ4v) is 3.39. The standard InChI is InChI=1S/C12H22N4O3S/c1-19-9-8-16-11(10-6-4-2-3-5-7-10)14-15-12(16)20(13,17)18/h10H,2-9H2,1H3,(H2,13,17,18). The number of nitrogens with two attached hydrogens (primary N) is 1. The van der Waals surface area contributed by atoms with Crippen LogP contribution in [0.3, 0.4) is 0 Å². The molecule has 0 radical (unpaired) electrons. The lowest BCUT2D eigenvalue weighted by Crippen LogP contribution is -2.21. The van der Waals surface area contributed by atoms with E-state index in [1.165, 1.54) is 12.8 Å². The molecule has 114 valence electrons. The molecule has 1 aliphatic rings. The van der Waals surface area contributed by atoms with Crippen molar-refractivity contribution >= 4 is 10.0 Å². The van der Waals surface area contributed by atoms with Crippen molar-refractivity contribution in [1.82, 2.24) is 14.8 Å². The number of sulfonamides is 1. The van der Waals surface area contributed by atoms with E-state index >= 15 is 0 Å². The fraction of sp³-hybridized carbons (Fsp3) is 0.833. The number of nitrogens with zero attached hydrogens (tertiary/aromatic N) is 3. The largest absolute Gasteiger partial charge is 0.383 e. The number of methoxy groups -OCH3 is 1. The van der Waals surface area contributed by atoms with Gasteiger partial charge in [-0.05, 0) is 12.8 Å². The first kappa shape index (κ1) is 15.4. The van der Waals surface area contributed by atoms with Gasteiger partial charge in [-0.15, -0.1) is 10.2 Å². The minimum atomic E-state index is -3.86. The van der Waals surface area contributed by atoms with Crippen LogP contribution in [0.25, 0.3) is 0 Å². The maximum atomic E-state index is 11.6. The summed E-state index contributed by atoms with van der Waals surface area (Å²) in [5.74, 6) is 0.991. The Morgan fingerprint density at radius 1 is 1.25 bits per heavy atom. The van der Waals surface area contributed by atoms with E-state index in [-0.39, 0.29) is 11.1 Å². The van der Waals surface area contributed by atoms with E-state index in [9.17, 15) is 8.42 Å². The molecule has 1 aliphatic carbocycles. The van der Waals surface area contributed by atoms with E-state index in [1.54, 1.807) is 11.7 Å². The summed E-state index contributed by atoms with van der Waals surface area (Å²) in [5.41, 5.74) is 0. The first-order chi connectivity index (χ1) is 9.54. The summed E-state index contributed by atoms with van der Waals surface area (Å²) < 4.78 is 29.8. The number of hydrogen-bond acceptors (Lipinski definition) is 5. The van der Waals surface area contributed by atoms with Gasteiger partial charge in [0, 0.05) is 19.6 Å². The van der Waals surface area contributed by atoms with Gasteiger partial charge in [0.05, 0.1) is 6.61 Å². The van der Waals surface area contributed by atoms with Crippen molar-refractivity contribution in [1.29, 1.82) is 0 Å². The summed E-state index contributed by atoms with van der Waals surface area (Å²) in [6.45, 7) is 0.807. The first-order valence-electron chi connectivity index (χ1n) is 6.99. The Balaban J connectivity index is 2.33. The van der Waals surface area contributed by atoms with Gasteiger partial charge in [-0.1, -0.05) is 25.7 Å². The van der Waals surface area contributed by atoms with Crippen molar-refractivity contribution in [2.75, 3.05) is 13.7 Å². The molecule has 20 heavy (non-hydrogen) atoms. The third-order valence-electron chi connectivity index (χ3n) is 3.74. The molecule has 0 bridgehead atoms. The van der Waals surface area contributed by atoms with E-state index in [1.807, 2.05) is 0 Å². The molecule has 0 aliphatic heterocycles. The van der Waals surface area contributed by atoms with Gasteiger partial charge in [0.25, 0.3) is 15.2 Å². The van der Waals surface area contributed by atoms with Gasteiger partial charge in [0.1, 0.15) is 5.82 Å². The zero-order valence-corrected chi connectivity index (χ0v) is 12.6. The first-order valence-corrected chi connectivity index (χ1v) is 8.53. The number of hydrogen-bond donors (Lipinski definition) is 1. The quantitative estimate of drug-likeness (QED) is 0.818. The maximum Gasteiger partial charge on any atom is 0.273 e. The highest BCUT2D eigenvalue weighted by atomic mass is 32.2.